The van der Waals surface area contributed by atoms with E-state index in [-0.39, 0.29) is 41.8 Å². The molecule has 1 saturated carbocycles. The van der Waals surface area contributed by atoms with Gasteiger partial charge in [-0.05, 0) is 89.1 Å². The van der Waals surface area contributed by atoms with Crippen molar-refractivity contribution in [2.45, 2.75) is 76.2 Å². The molecule has 14 nitrogen and oxygen atoms in total. The quantitative estimate of drug-likeness (QED) is 0.100. The molecule has 2 aromatic heterocycles. The van der Waals surface area contributed by atoms with Crippen molar-refractivity contribution in [2.75, 3.05) is 20.8 Å². The molecule has 0 spiro atoms. The van der Waals surface area contributed by atoms with Gasteiger partial charge in [0.05, 0.1) is 50.1 Å². The van der Waals surface area contributed by atoms with Crippen LogP contribution in [0.4, 0.5) is 9.59 Å². The number of carbonyl (C=O) groups excluding carboxylic acids is 4. The molecular weight excluding hydrogens is 797 g/mol. The third kappa shape index (κ3) is 8.13. The summed E-state index contributed by atoms with van der Waals surface area (Å²) < 4.78 is 9.67. The van der Waals surface area contributed by atoms with Crippen molar-refractivity contribution in [3.8, 4) is 33.6 Å². The van der Waals surface area contributed by atoms with Gasteiger partial charge in [-0.25, -0.2) is 19.6 Å². The van der Waals surface area contributed by atoms with Gasteiger partial charge in [0.25, 0.3) is 5.91 Å². The fraction of sp³-hybridized carbons (Fsp3) is 0.347. The Hall–Kier alpha value is -6.96. The maximum absolute atomic E-state index is 14.3. The minimum absolute atomic E-state index is 0.0762. The number of alkyl carbamates (subject to hydrolysis) is 2. The molecule has 324 valence electrons. The van der Waals surface area contributed by atoms with Crippen LogP contribution in [0.1, 0.15) is 81.3 Å². The number of fused-ring (bicyclic) bond motifs is 3. The summed E-state index contributed by atoms with van der Waals surface area (Å²) in [6, 6.07) is 28.5. The van der Waals surface area contributed by atoms with Gasteiger partial charge in [-0.1, -0.05) is 92.7 Å². The van der Waals surface area contributed by atoms with E-state index in [9.17, 15) is 19.2 Å². The highest BCUT2D eigenvalue weighted by molar-refractivity contribution is 5.91. The molecule has 2 saturated heterocycles. The lowest BCUT2D eigenvalue weighted by Crippen LogP contribution is -2.51. The Bertz CT molecular complexity index is 2640. The van der Waals surface area contributed by atoms with Gasteiger partial charge in [-0.15, -0.1) is 0 Å². The lowest BCUT2D eigenvalue weighted by Gasteiger charge is -2.36. The number of H-pyrrole nitrogens is 2. The van der Waals surface area contributed by atoms with Crippen LogP contribution in [-0.2, 0) is 19.1 Å². The number of ether oxygens (including phenoxy) is 2. The van der Waals surface area contributed by atoms with Crippen LogP contribution < -0.4 is 10.6 Å². The number of likely N-dealkylation sites (tertiary alicyclic amines) is 2. The number of piperidine rings is 1. The normalized spacial score (nSPS) is 20.2. The Balaban J connectivity index is 0.889. The summed E-state index contributed by atoms with van der Waals surface area (Å²) in [5.41, 5.74) is 6.59. The summed E-state index contributed by atoms with van der Waals surface area (Å²) >= 11 is 0. The van der Waals surface area contributed by atoms with E-state index >= 15 is 0 Å². The highest BCUT2D eigenvalue weighted by atomic mass is 16.5. The highest BCUT2D eigenvalue weighted by Crippen LogP contribution is 2.50. The molecule has 3 aliphatic rings. The fourth-order valence-corrected chi connectivity index (χ4v) is 9.83. The lowest BCUT2D eigenvalue weighted by atomic mass is 9.96. The van der Waals surface area contributed by atoms with E-state index in [2.05, 4.69) is 81.3 Å². The number of nitrogens with zero attached hydrogens (tertiary/aromatic N) is 4. The second-order valence-electron chi connectivity index (χ2n) is 17.2. The lowest BCUT2D eigenvalue weighted by molar-refractivity contribution is -0.138. The van der Waals surface area contributed by atoms with Gasteiger partial charge in [0.15, 0.2) is 0 Å². The number of nitrogens with one attached hydrogen (secondary N) is 4. The molecule has 6 aromatic rings. The van der Waals surface area contributed by atoms with Crippen molar-refractivity contribution in [3.63, 3.8) is 0 Å². The van der Waals surface area contributed by atoms with E-state index in [1.807, 2.05) is 66.4 Å². The van der Waals surface area contributed by atoms with E-state index in [1.165, 1.54) is 14.2 Å². The van der Waals surface area contributed by atoms with Crippen molar-refractivity contribution in [3.05, 3.63) is 121 Å². The van der Waals surface area contributed by atoms with Gasteiger partial charge in [-0.2, -0.15) is 0 Å². The molecule has 1 unspecified atom stereocenters. The van der Waals surface area contributed by atoms with E-state index in [4.69, 9.17) is 19.4 Å². The first-order chi connectivity index (χ1) is 30.6. The molecule has 2 aliphatic heterocycles. The number of aromatic amines is 2. The summed E-state index contributed by atoms with van der Waals surface area (Å²) in [7, 11) is 2.59. The molecule has 6 atom stereocenters. The van der Waals surface area contributed by atoms with Crippen LogP contribution in [0, 0.1) is 11.8 Å². The van der Waals surface area contributed by atoms with E-state index < -0.39 is 24.3 Å². The second kappa shape index (κ2) is 17.4. The third-order valence-corrected chi connectivity index (χ3v) is 13.1. The van der Waals surface area contributed by atoms with Crippen molar-refractivity contribution in [1.29, 1.82) is 0 Å². The zero-order valence-electron chi connectivity index (χ0n) is 35.8. The van der Waals surface area contributed by atoms with Crippen molar-refractivity contribution >= 4 is 34.8 Å². The Labute approximate surface area is 365 Å². The number of hydrogen-bond acceptors (Lipinski definition) is 8. The Morgan fingerprint density at radius 2 is 1.32 bits per heavy atom. The minimum atomic E-state index is -0.874. The molecule has 0 radical (unpaired) electrons. The Kier molecular flexibility index (Phi) is 11.5. The first-order valence-corrected chi connectivity index (χ1v) is 21.7. The molecule has 3 fully saturated rings. The van der Waals surface area contributed by atoms with Crippen molar-refractivity contribution in [1.82, 2.24) is 40.4 Å². The smallest absolute Gasteiger partial charge is 0.407 e. The molecule has 2 bridgehead atoms. The SMILES string of the molecule is COC(=O)NC(C(=O)N1CCC[C@H]1c1ncc(-c2ccc3cc(-c4ccc(-c5cnc([C@@H]6[C@@H]7CC[C@@H](C7)N6C(=O)[C@H](NC(=O)OC)c6ccccc6)[nH]5)cc4)ccc3c2)[nH]1)C(C)C. The molecule has 4 amide bonds. The van der Waals surface area contributed by atoms with Crippen LogP contribution in [0.5, 0.6) is 0 Å². The molecule has 4 N–H and O–H groups in total. The van der Waals surface area contributed by atoms with Gasteiger partial charge >= 0.3 is 12.2 Å². The third-order valence-electron chi connectivity index (χ3n) is 13.1. The molecular formula is C49H52N8O6. The second-order valence-corrected chi connectivity index (χ2v) is 17.2. The van der Waals surface area contributed by atoms with Crippen LogP contribution in [0.15, 0.2) is 103 Å². The number of rotatable bonds is 11. The fourth-order valence-electron chi connectivity index (χ4n) is 9.83. The highest BCUT2D eigenvalue weighted by Gasteiger charge is 2.51. The van der Waals surface area contributed by atoms with Gasteiger partial charge in [0.2, 0.25) is 5.91 Å². The first kappa shape index (κ1) is 41.4. The number of hydrogen-bond donors (Lipinski definition) is 4. The van der Waals surface area contributed by atoms with E-state index in [1.54, 1.807) is 0 Å². The topological polar surface area (TPSA) is 175 Å². The predicted molar refractivity (Wildman–Crippen MR) is 238 cm³/mol. The van der Waals surface area contributed by atoms with Crippen LogP contribution in [-0.4, -0.2) is 86.6 Å². The largest absolute Gasteiger partial charge is 0.453 e. The zero-order chi connectivity index (χ0) is 43.8. The number of imidazole rings is 2. The number of benzene rings is 4. The average Bonchev–Trinajstić information content (AvgIpc) is 4.18. The summed E-state index contributed by atoms with van der Waals surface area (Å²) in [5, 5.41) is 7.67. The Morgan fingerprint density at radius 1 is 0.698 bits per heavy atom. The molecule has 9 rings (SSSR count). The molecule has 4 aromatic carbocycles. The number of methoxy groups -OCH3 is 2. The maximum atomic E-state index is 14.3. The average molecular weight is 849 g/mol. The number of amides is 4. The molecule has 1 aliphatic carbocycles. The zero-order valence-corrected chi connectivity index (χ0v) is 35.8. The number of aromatic nitrogens is 4. The molecule has 14 heteroatoms. The van der Waals surface area contributed by atoms with Crippen LogP contribution in [0.2, 0.25) is 0 Å². The van der Waals surface area contributed by atoms with Crippen molar-refractivity contribution < 1.29 is 28.7 Å². The van der Waals surface area contributed by atoms with Gasteiger partial charge in [0.1, 0.15) is 23.7 Å². The van der Waals surface area contributed by atoms with Crippen LogP contribution >= 0.6 is 0 Å². The summed E-state index contributed by atoms with van der Waals surface area (Å²) in [6.45, 7) is 4.40. The van der Waals surface area contributed by atoms with E-state index in [0.717, 1.165) is 88.2 Å². The Morgan fingerprint density at radius 3 is 2.03 bits per heavy atom. The minimum Gasteiger partial charge on any atom is -0.453 e. The molecule has 4 heterocycles. The summed E-state index contributed by atoms with van der Waals surface area (Å²) in [5.74, 6) is 1.34. The predicted octanol–water partition coefficient (Wildman–Crippen LogP) is 8.48. The van der Waals surface area contributed by atoms with Crippen molar-refractivity contribution in [2.24, 2.45) is 11.8 Å². The van der Waals surface area contributed by atoms with Gasteiger partial charge in [-0.3, -0.25) is 9.59 Å². The van der Waals surface area contributed by atoms with Gasteiger partial charge in [0, 0.05) is 18.2 Å². The van der Waals surface area contributed by atoms with Gasteiger partial charge < -0.3 is 39.9 Å². The van der Waals surface area contributed by atoms with E-state index in [0.29, 0.717) is 12.1 Å². The summed E-state index contributed by atoms with van der Waals surface area (Å²) in [6.07, 6.45) is 6.85. The van der Waals surface area contributed by atoms with Crippen LogP contribution in [0.25, 0.3) is 44.4 Å². The molecule has 63 heavy (non-hydrogen) atoms. The van der Waals surface area contributed by atoms with Crippen LogP contribution in [0.3, 0.4) is 0 Å². The summed E-state index contributed by atoms with van der Waals surface area (Å²) in [4.78, 5) is 72.7. The first-order valence-electron chi connectivity index (χ1n) is 21.7. The maximum Gasteiger partial charge on any atom is 0.407 e. The standard InChI is InChI=1S/C49H52N8O6/c1-28(2)41(54-48(60)62-3)46(58)56-22-8-11-40(56)44-50-27-39(52-44)35-19-18-33-23-32(16-17-34(33)24-35)29-12-14-30(15-13-29)38-26-51-45(53-38)43-36-20-21-37(25-36)57(43)47(59)42(55-49(61)63-4)31-9-6-5-7-10-31/h5-7,9-10,12-19,23-24,26-28,36-37,40-43H,8,11,20-22,25H2,1-4H3,(H,50,52)(H,51,53)(H,54,60)(H,55,61)/t36-,37+,40+,41?,42-,43+/m1/s1. The monoisotopic (exact) mass is 848 g/mol. The number of carbonyl (C=O) groups is 4.